The number of hydrogen-bond acceptors (Lipinski definition) is 2. The summed E-state index contributed by atoms with van der Waals surface area (Å²) in [7, 11) is 2.16. The van der Waals surface area contributed by atoms with Gasteiger partial charge in [0.1, 0.15) is 0 Å². The maximum Gasteiger partial charge on any atom is 0.0580 e. The Balaban J connectivity index is 1.91. The Bertz CT molecular complexity index is 164. The molecule has 1 saturated carbocycles. The van der Waals surface area contributed by atoms with Gasteiger partial charge in [-0.15, -0.1) is 0 Å². The topological polar surface area (TPSA) is 12.5 Å². The van der Waals surface area contributed by atoms with Gasteiger partial charge in [-0.25, -0.2) is 0 Å². The van der Waals surface area contributed by atoms with Crippen LogP contribution in [0.2, 0.25) is 0 Å². The van der Waals surface area contributed by atoms with Gasteiger partial charge in [-0.2, -0.15) is 0 Å². The zero-order chi connectivity index (χ0) is 11.3. The smallest absolute Gasteiger partial charge is 0.0580 e. The van der Waals surface area contributed by atoms with Crippen molar-refractivity contribution in [3.63, 3.8) is 0 Å². The number of rotatable bonds is 7. The van der Waals surface area contributed by atoms with Gasteiger partial charge in [0.15, 0.2) is 0 Å². The second kappa shape index (κ2) is 6.49. The van der Waals surface area contributed by atoms with Crippen molar-refractivity contribution in [3.8, 4) is 0 Å². The van der Waals surface area contributed by atoms with Gasteiger partial charge >= 0.3 is 0 Å². The highest BCUT2D eigenvalue weighted by atomic mass is 16.5. The molecule has 0 aromatic heterocycles. The zero-order valence-corrected chi connectivity index (χ0v) is 10.8. The summed E-state index contributed by atoms with van der Waals surface area (Å²) in [5.41, 5.74) is 0. The minimum Gasteiger partial charge on any atom is -0.378 e. The standard InChI is InChI=1S/C13H27NO/c1-5-14(4)7-6-8-15-13-9-12(10-13)11(2)3/h11-13H,5-10H2,1-4H3. The van der Waals surface area contributed by atoms with E-state index in [2.05, 4.69) is 32.7 Å². The molecule has 0 saturated heterocycles. The summed E-state index contributed by atoms with van der Waals surface area (Å²) >= 11 is 0. The first-order valence-corrected chi connectivity index (χ1v) is 6.43. The lowest BCUT2D eigenvalue weighted by Gasteiger charge is -2.37. The molecule has 2 nitrogen and oxygen atoms in total. The first-order chi connectivity index (χ1) is 7.13. The molecule has 0 aromatic rings. The molecule has 1 aliphatic carbocycles. The summed E-state index contributed by atoms with van der Waals surface area (Å²) in [6, 6.07) is 0. The summed E-state index contributed by atoms with van der Waals surface area (Å²) in [5.74, 6) is 1.77. The fourth-order valence-electron chi connectivity index (χ4n) is 2.03. The van der Waals surface area contributed by atoms with Crippen LogP contribution < -0.4 is 0 Å². The molecule has 1 rings (SSSR count). The molecule has 90 valence electrons. The van der Waals surface area contributed by atoms with Crippen molar-refractivity contribution in [1.29, 1.82) is 0 Å². The molecule has 1 aliphatic rings. The summed E-state index contributed by atoms with van der Waals surface area (Å²) in [6.07, 6.45) is 4.33. The van der Waals surface area contributed by atoms with Crippen molar-refractivity contribution < 1.29 is 4.74 Å². The monoisotopic (exact) mass is 213 g/mol. The van der Waals surface area contributed by atoms with E-state index in [1.165, 1.54) is 19.3 Å². The minimum absolute atomic E-state index is 0.573. The normalized spacial score (nSPS) is 26.0. The Kier molecular flexibility index (Phi) is 5.62. The molecule has 0 heterocycles. The Morgan fingerprint density at radius 2 is 2.00 bits per heavy atom. The minimum atomic E-state index is 0.573. The van der Waals surface area contributed by atoms with Crippen molar-refractivity contribution in [2.24, 2.45) is 11.8 Å². The van der Waals surface area contributed by atoms with E-state index in [9.17, 15) is 0 Å². The van der Waals surface area contributed by atoms with Gasteiger partial charge < -0.3 is 9.64 Å². The molecule has 2 heteroatoms. The average molecular weight is 213 g/mol. The molecule has 0 N–H and O–H groups in total. The zero-order valence-electron chi connectivity index (χ0n) is 10.8. The molecule has 0 atom stereocenters. The van der Waals surface area contributed by atoms with Crippen molar-refractivity contribution in [2.45, 2.75) is 46.1 Å². The van der Waals surface area contributed by atoms with E-state index in [-0.39, 0.29) is 0 Å². The lowest BCUT2D eigenvalue weighted by Crippen LogP contribution is -2.34. The predicted molar refractivity (Wildman–Crippen MR) is 65.1 cm³/mol. The van der Waals surface area contributed by atoms with Gasteiger partial charge in [0.2, 0.25) is 0 Å². The Labute approximate surface area is 95.0 Å². The fourth-order valence-corrected chi connectivity index (χ4v) is 2.03. The largest absolute Gasteiger partial charge is 0.378 e. The van der Waals surface area contributed by atoms with Gasteiger partial charge in [-0.1, -0.05) is 20.8 Å². The SMILES string of the molecule is CCN(C)CCCOC1CC(C(C)C)C1. The highest BCUT2D eigenvalue weighted by molar-refractivity contribution is 4.82. The fraction of sp³-hybridized carbons (Fsp3) is 1.00. The molecule has 0 bridgehead atoms. The van der Waals surface area contributed by atoms with Crippen molar-refractivity contribution >= 4 is 0 Å². The van der Waals surface area contributed by atoms with Crippen LogP contribution in [0.4, 0.5) is 0 Å². The highest BCUT2D eigenvalue weighted by Crippen LogP contribution is 2.35. The Morgan fingerprint density at radius 3 is 2.53 bits per heavy atom. The van der Waals surface area contributed by atoms with Crippen LogP contribution in [0.25, 0.3) is 0 Å². The average Bonchev–Trinajstić information content (AvgIpc) is 2.13. The van der Waals surface area contributed by atoms with Crippen LogP contribution in [-0.2, 0) is 4.74 Å². The van der Waals surface area contributed by atoms with E-state index in [1.807, 2.05) is 0 Å². The van der Waals surface area contributed by atoms with Crippen LogP contribution in [-0.4, -0.2) is 37.7 Å². The highest BCUT2D eigenvalue weighted by Gasteiger charge is 2.31. The quantitative estimate of drug-likeness (QED) is 0.603. The number of hydrogen-bond donors (Lipinski definition) is 0. The summed E-state index contributed by atoms with van der Waals surface area (Å²) in [6.45, 7) is 10.1. The van der Waals surface area contributed by atoms with Gasteiger partial charge in [0, 0.05) is 13.2 Å². The van der Waals surface area contributed by atoms with E-state index in [0.29, 0.717) is 6.10 Å². The Hall–Kier alpha value is -0.0800. The molecule has 0 radical (unpaired) electrons. The van der Waals surface area contributed by atoms with Crippen LogP contribution in [0.3, 0.4) is 0 Å². The van der Waals surface area contributed by atoms with Crippen LogP contribution in [0.15, 0.2) is 0 Å². The second-order valence-electron chi connectivity index (χ2n) is 5.22. The first-order valence-electron chi connectivity index (χ1n) is 6.43. The predicted octanol–water partition coefficient (Wildman–Crippen LogP) is 2.78. The van der Waals surface area contributed by atoms with E-state index in [1.54, 1.807) is 0 Å². The molecule has 1 fully saturated rings. The molecule has 0 unspecified atom stereocenters. The van der Waals surface area contributed by atoms with E-state index >= 15 is 0 Å². The number of ether oxygens (including phenoxy) is 1. The molecule has 0 spiro atoms. The van der Waals surface area contributed by atoms with E-state index < -0.39 is 0 Å². The number of nitrogens with zero attached hydrogens (tertiary/aromatic N) is 1. The van der Waals surface area contributed by atoms with Crippen LogP contribution >= 0.6 is 0 Å². The van der Waals surface area contributed by atoms with Gasteiger partial charge in [0.05, 0.1) is 6.10 Å². The molecule has 15 heavy (non-hydrogen) atoms. The van der Waals surface area contributed by atoms with Gasteiger partial charge in [-0.3, -0.25) is 0 Å². The van der Waals surface area contributed by atoms with Gasteiger partial charge in [-0.05, 0) is 44.7 Å². The summed E-state index contributed by atoms with van der Waals surface area (Å²) in [5, 5.41) is 0. The summed E-state index contributed by atoms with van der Waals surface area (Å²) in [4.78, 5) is 2.33. The van der Waals surface area contributed by atoms with Crippen molar-refractivity contribution in [2.75, 3.05) is 26.7 Å². The molecule has 0 aromatic carbocycles. The maximum absolute atomic E-state index is 5.83. The third kappa shape index (κ3) is 4.52. The molecule has 0 aliphatic heterocycles. The van der Waals surface area contributed by atoms with Gasteiger partial charge in [0.25, 0.3) is 0 Å². The lowest BCUT2D eigenvalue weighted by atomic mass is 9.75. The van der Waals surface area contributed by atoms with Crippen LogP contribution in [0, 0.1) is 11.8 Å². The van der Waals surface area contributed by atoms with Crippen LogP contribution in [0.1, 0.15) is 40.0 Å². The molecule has 0 amide bonds. The molecular weight excluding hydrogens is 186 g/mol. The third-order valence-corrected chi connectivity index (χ3v) is 3.65. The first kappa shape index (κ1) is 13.0. The molecular formula is C13H27NO. The van der Waals surface area contributed by atoms with Crippen LogP contribution in [0.5, 0.6) is 0 Å². The van der Waals surface area contributed by atoms with E-state index in [4.69, 9.17) is 4.74 Å². The second-order valence-corrected chi connectivity index (χ2v) is 5.22. The van der Waals surface area contributed by atoms with Crippen molar-refractivity contribution in [3.05, 3.63) is 0 Å². The Morgan fingerprint density at radius 1 is 1.33 bits per heavy atom. The summed E-state index contributed by atoms with van der Waals surface area (Å²) < 4.78 is 5.83. The van der Waals surface area contributed by atoms with E-state index in [0.717, 1.165) is 31.5 Å². The lowest BCUT2D eigenvalue weighted by molar-refractivity contribution is -0.0448. The maximum atomic E-state index is 5.83. The third-order valence-electron chi connectivity index (χ3n) is 3.65. The van der Waals surface area contributed by atoms with Crippen molar-refractivity contribution in [1.82, 2.24) is 4.90 Å².